The van der Waals surface area contributed by atoms with Crippen LogP contribution < -0.4 is 11.4 Å². The molecule has 0 saturated carbocycles. The lowest BCUT2D eigenvalue weighted by atomic mass is 10.6. The molecule has 1 aromatic heterocycles. The van der Waals surface area contributed by atoms with E-state index in [4.69, 9.17) is 24.3 Å². The summed E-state index contributed by atoms with van der Waals surface area (Å²) < 4.78 is 33.5. The van der Waals surface area contributed by atoms with Crippen LogP contribution in [0, 0.1) is 0 Å². The van der Waals surface area contributed by atoms with Crippen LogP contribution in [0.5, 0.6) is 0 Å². The fourth-order valence-corrected chi connectivity index (χ4v) is 2.70. The van der Waals surface area contributed by atoms with Crippen LogP contribution >= 0.6 is 7.60 Å². The van der Waals surface area contributed by atoms with Crippen LogP contribution in [-0.2, 0) is 29.8 Å². The van der Waals surface area contributed by atoms with Crippen molar-refractivity contribution in [2.75, 3.05) is 32.1 Å². The Morgan fingerprint density at radius 2 is 1.95 bits per heavy atom. The lowest BCUT2D eigenvalue weighted by Gasteiger charge is -2.16. The SMILES string of the molecule is CCOP(=O)(COCOCn1ccc(N)nc1=O)OCC. The number of hydrogen-bond donors (Lipinski definition) is 1. The second-order valence-electron chi connectivity index (χ2n) is 3.84. The molecule has 2 N–H and O–H groups in total. The molecule has 10 heteroatoms. The Balaban J connectivity index is 2.33. The quantitative estimate of drug-likeness (QED) is 0.385. The summed E-state index contributed by atoms with van der Waals surface area (Å²) in [6, 6.07) is 1.48. The van der Waals surface area contributed by atoms with E-state index in [0.717, 1.165) is 0 Å². The van der Waals surface area contributed by atoms with Crippen molar-refractivity contribution in [1.82, 2.24) is 9.55 Å². The summed E-state index contributed by atoms with van der Waals surface area (Å²) in [5.74, 6) is 0.141. The Morgan fingerprint density at radius 3 is 2.52 bits per heavy atom. The number of rotatable bonds is 10. The van der Waals surface area contributed by atoms with E-state index < -0.39 is 13.3 Å². The van der Waals surface area contributed by atoms with Gasteiger partial charge in [0, 0.05) is 6.20 Å². The highest BCUT2D eigenvalue weighted by Crippen LogP contribution is 2.47. The Labute approximate surface area is 122 Å². The van der Waals surface area contributed by atoms with E-state index in [1.165, 1.54) is 16.8 Å². The van der Waals surface area contributed by atoms with Gasteiger partial charge in [-0.1, -0.05) is 0 Å². The van der Waals surface area contributed by atoms with Crippen molar-refractivity contribution in [1.29, 1.82) is 0 Å². The number of nitrogen functional groups attached to an aromatic ring is 1. The second kappa shape index (κ2) is 8.91. The first-order valence-electron chi connectivity index (χ1n) is 6.37. The number of nitrogens with two attached hydrogens (primary N) is 1. The van der Waals surface area contributed by atoms with Gasteiger partial charge in [0.05, 0.1) is 13.2 Å². The minimum Gasteiger partial charge on any atom is -0.383 e. The third kappa shape index (κ3) is 6.36. The first kappa shape index (κ1) is 17.8. The van der Waals surface area contributed by atoms with Gasteiger partial charge in [0.2, 0.25) is 0 Å². The van der Waals surface area contributed by atoms with E-state index in [2.05, 4.69) is 4.98 Å². The number of anilines is 1. The summed E-state index contributed by atoms with van der Waals surface area (Å²) >= 11 is 0. The zero-order valence-electron chi connectivity index (χ0n) is 12.1. The van der Waals surface area contributed by atoms with Crippen molar-refractivity contribution in [2.45, 2.75) is 20.6 Å². The van der Waals surface area contributed by atoms with Gasteiger partial charge in [-0.3, -0.25) is 9.13 Å². The lowest BCUT2D eigenvalue weighted by molar-refractivity contribution is -0.0709. The molecule has 1 heterocycles. The number of hydrogen-bond acceptors (Lipinski definition) is 8. The maximum Gasteiger partial charge on any atom is 0.356 e. The molecule has 0 aliphatic heterocycles. The first-order chi connectivity index (χ1) is 10.0. The Morgan fingerprint density at radius 1 is 1.29 bits per heavy atom. The zero-order valence-corrected chi connectivity index (χ0v) is 13.0. The van der Waals surface area contributed by atoms with Gasteiger partial charge in [-0.15, -0.1) is 0 Å². The number of aromatic nitrogens is 2. The van der Waals surface area contributed by atoms with Crippen LogP contribution in [0.25, 0.3) is 0 Å². The van der Waals surface area contributed by atoms with Gasteiger partial charge >= 0.3 is 13.3 Å². The molecule has 0 amide bonds. The fourth-order valence-electron chi connectivity index (χ4n) is 1.39. The molecule has 9 nitrogen and oxygen atoms in total. The van der Waals surface area contributed by atoms with E-state index in [1.807, 2.05) is 0 Å². The molecule has 1 aromatic rings. The predicted octanol–water partition coefficient (Wildman–Crippen LogP) is 0.997. The molecule has 21 heavy (non-hydrogen) atoms. The topological polar surface area (TPSA) is 115 Å². The molecule has 1 rings (SSSR count). The van der Waals surface area contributed by atoms with Crippen molar-refractivity contribution in [2.24, 2.45) is 0 Å². The lowest BCUT2D eigenvalue weighted by Crippen LogP contribution is -2.24. The maximum atomic E-state index is 12.0. The van der Waals surface area contributed by atoms with E-state index in [9.17, 15) is 9.36 Å². The molecule has 0 radical (unpaired) electrons. The Bertz CT molecular complexity index is 525. The van der Waals surface area contributed by atoms with Crippen molar-refractivity contribution in [3.05, 3.63) is 22.7 Å². The molecule has 0 spiro atoms. The van der Waals surface area contributed by atoms with Crippen LogP contribution in [0.1, 0.15) is 13.8 Å². The monoisotopic (exact) mass is 321 g/mol. The van der Waals surface area contributed by atoms with Gasteiger partial charge in [-0.25, -0.2) is 4.79 Å². The van der Waals surface area contributed by atoms with E-state index in [1.54, 1.807) is 13.8 Å². The third-order valence-electron chi connectivity index (χ3n) is 2.19. The van der Waals surface area contributed by atoms with Crippen molar-refractivity contribution in [3.63, 3.8) is 0 Å². The van der Waals surface area contributed by atoms with E-state index in [0.29, 0.717) is 0 Å². The largest absolute Gasteiger partial charge is 0.383 e. The van der Waals surface area contributed by atoms with Crippen LogP contribution in [0.4, 0.5) is 5.82 Å². The van der Waals surface area contributed by atoms with Gasteiger partial charge in [0.25, 0.3) is 0 Å². The normalized spacial score (nSPS) is 11.7. The van der Waals surface area contributed by atoms with Crippen molar-refractivity contribution >= 4 is 13.4 Å². The first-order valence-corrected chi connectivity index (χ1v) is 8.10. The molecule has 0 unspecified atom stereocenters. The van der Waals surface area contributed by atoms with Crippen LogP contribution in [0.3, 0.4) is 0 Å². The highest BCUT2D eigenvalue weighted by Gasteiger charge is 2.23. The predicted molar refractivity (Wildman–Crippen MR) is 75.7 cm³/mol. The van der Waals surface area contributed by atoms with Crippen molar-refractivity contribution in [3.8, 4) is 0 Å². The highest BCUT2D eigenvalue weighted by atomic mass is 31.2. The average molecular weight is 321 g/mol. The van der Waals surface area contributed by atoms with Gasteiger partial charge in [0.1, 0.15) is 19.3 Å². The van der Waals surface area contributed by atoms with Gasteiger partial charge in [0.15, 0.2) is 6.35 Å². The highest BCUT2D eigenvalue weighted by molar-refractivity contribution is 7.53. The summed E-state index contributed by atoms with van der Waals surface area (Å²) in [5, 5.41) is 0. The van der Waals surface area contributed by atoms with Crippen LogP contribution in [0.15, 0.2) is 17.1 Å². The van der Waals surface area contributed by atoms with Crippen molar-refractivity contribution < 1.29 is 23.1 Å². The number of ether oxygens (including phenoxy) is 2. The molecule has 0 saturated heterocycles. The average Bonchev–Trinajstić information content (AvgIpc) is 2.41. The van der Waals surface area contributed by atoms with E-state index >= 15 is 0 Å². The van der Waals surface area contributed by atoms with Crippen LogP contribution in [-0.4, -0.2) is 35.9 Å². The summed E-state index contributed by atoms with van der Waals surface area (Å²) in [4.78, 5) is 14.9. The molecule has 0 bridgehead atoms. The van der Waals surface area contributed by atoms with Gasteiger partial charge in [-0.2, -0.15) is 4.98 Å². The summed E-state index contributed by atoms with van der Waals surface area (Å²) in [6.07, 6.45) is 1.24. The maximum absolute atomic E-state index is 12.0. The second-order valence-corrected chi connectivity index (χ2v) is 5.83. The minimum atomic E-state index is -3.25. The molecule has 0 aliphatic carbocycles. The third-order valence-corrected chi connectivity index (χ3v) is 4.00. The molecule has 0 aromatic carbocycles. The molecular formula is C11H20N3O6P. The van der Waals surface area contributed by atoms with Gasteiger partial charge in [-0.05, 0) is 19.9 Å². The smallest absolute Gasteiger partial charge is 0.356 e. The summed E-state index contributed by atoms with van der Waals surface area (Å²) in [7, 11) is -3.25. The molecule has 0 fully saturated rings. The molecular weight excluding hydrogens is 301 g/mol. The fraction of sp³-hybridized carbons (Fsp3) is 0.636. The van der Waals surface area contributed by atoms with Gasteiger partial charge < -0.3 is 24.3 Å². The van der Waals surface area contributed by atoms with E-state index in [-0.39, 0.29) is 38.9 Å². The summed E-state index contributed by atoms with van der Waals surface area (Å²) in [6.45, 7) is 3.72. The molecule has 0 aliphatic rings. The minimum absolute atomic E-state index is 0.0559. The van der Waals surface area contributed by atoms with Crippen LogP contribution in [0.2, 0.25) is 0 Å². The standard InChI is InChI=1S/C11H20N3O6P/c1-3-19-21(16,20-4-2)9-18-8-17-7-14-6-5-10(12)13-11(14)15/h5-6H,3-4,7-9H2,1-2H3,(H2,12,13,15). The molecule has 0 atom stereocenters. The summed E-state index contributed by atoms with van der Waals surface area (Å²) in [5.41, 5.74) is 4.84. The number of nitrogens with zero attached hydrogens (tertiary/aromatic N) is 2. The molecule has 120 valence electrons. The Hall–Kier alpha value is -1.25. The zero-order chi connectivity index (χ0) is 15.7. The Kier molecular flexibility index (Phi) is 7.55.